The molecule has 5 nitrogen and oxygen atoms in total. The summed E-state index contributed by atoms with van der Waals surface area (Å²) in [6.07, 6.45) is 11.4. The second kappa shape index (κ2) is 13.8. The fourth-order valence-electron chi connectivity index (χ4n) is 6.27. The zero-order valence-electron chi connectivity index (χ0n) is 28.7. The van der Waals surface area contributed by atoms with Crippen molar-refractivity contribution in [2.75, 3.05) is 7.11 Å². The van der Waals surface area contributed by atoms with Gasteiger partial charge in [-0.3, -0.25) is 9.59 Å². The number of carbonyl (C=O) groups excluding carboxylic acids is 2. The molecule has 3 aliphatic carbocycles. The molecule has 0 bridgehead atoms. The van der Waals surface area contributed by atoms with Crippen molar-refractivity contribution < 1.29 is 23.2 Å². The minimum Gasteiger partial charge on any atom is -0.469 e. The maximum atomic E-state index is 13.1. The van der Waals surface area contributed by atoms with Crippen LogP contribution < -0.4 is 0 Å². The first-order valence-electron chi connectivity index (χ1n) is 16.5. The van der Waals surface area contributed by atoms with Crippen LogP contribution >= 0.6 is 0 Å². The van der Waals surface area contributed by atoms with Gasteiger partial charge in [-0.2, -0.15) is 0 Å². The third kappa shape index (κ3) is 8.70. The van der Waals surface area contributed by atoms with E-state index in [0.717, 1.165) is 18.4 Å². The first-order valence-corrected chi connectivity index (χ1v) is 22.4. The van der Waals surface area contributed by atoms with Gasteiger partial charge in [0, 0.05) is 18.8 Å². The van der Waals surface area contributed by atoms with Gasteiger partial charge in [0.05, 0.1) is 13.2 Å². The molecule has 0 radical (unpaired) electrons. The molecule has 5 atom stereocenters. The summed E-state index contributed by atoms with van der Waals surface area (Å²) in [6.45, 7) is 23.2. The topological polar surface area (TPSA) is 61.8 Å². The summed E-state index contributed by atoms with van der Waals surface area (Å²) < 4.78 is 18.9. The Balaban J connectivity index is 1.88. The van der Waals surface area contributed by atoms with Gasteiger partial charge in [-0.1, -0.05) is 78.7 Å². The highest BCUT2D eigenvalue weighted by Crippen LogP contribution is 2.50. The Bertz CT molecular complexity index is 1050. The van der Waals surface area contributed by atoms with Crippen molar-refractivity contribution in [1.82, 2.24) is 0 Å². The average molecular weight is 617 g/mol. The normalized spacial score (nSPS) is 26.2. The van der Waals surface area contributed by atoms with E-state index < -0.39 is 16.6 Å². The largest absolute Gasteiger partial charge is 0.469 e. The number of esters is 1. The van der Waals surface area contributed by atoms with E-state index in [4.69, 9.17) is 13.6 Å². The highest BCUT2D eigenvalue weighted by atomic mass is 28.4. The smallest absolute Gasteiger partial charge is 0.305 e. The molecule has 2 unspecified atom stereocenters. The van der Waals surface area contributed by atoms with Crippen LogP contribution in [-0.2, 0) is 23.2 Å². The van der Waals surface area contributed by atoms with E-state index in [1.807, 2.05) is 0 Å². The number of ether oxygens (including phenoxy) is 1. The lowest BCUT2D eigenvalue weighted by Gasteiger charge is -2.41. The molecule has 0 saturated heterocycles. The SMILES string of the molecule is COC(=O)CCCC(=O)C1=CC2C[C@H](O[Si](C)(C)C(C)(C)C)[C@@H](C#C[C@@H](O[Si](C)(C)C(C)(C)C)C3CCCCC3)C2C1. The molecule has 3 aliphatic rings. The Morgan fingerprint density at radius 3 is 2.14 bits per heavy atom. The van der Waals surface area contributed by atoms with Gasteiger partial charge in [0.15, 0.2) is 22.4 Å². The Morgan fingerprint density at radius 1 is 0.952 bits per heavy atom. The molecule has 0 aliphatic heterocycles. The van der Waals surface area contributed by atoms with E-state index >= 15 is 0 Å². The predicted molar refractivity (Wildman–Crippen MR) is 177 cm³/mol. The molecule has 2 saturated carbocycles. The van der Waals surface area contributed by atoms with Crippen LogP contribution in [0.15, 0.2) is 11.6 Å². The summed E-state index contributed by atoms with van der Waals surface area (Å²) >= 11 is 0. The van der Waals surface area contributed by atoms with Crippen molar-refractivity contribution in [1.29, 1.82) is 0 Å². The number of methoxy groups -OCH3 is 1. The summed E-state index contributed by atoms with van der Waals surface area (Å²) in [6, 6.07) is 0. The Labute approximate surface area is 259 Å². The van der Waals surface area contributed by atoms with E-state index in [1.165, 1.54) is 39.2 Å². The minimum absolute atomic E-state index is 0.0347. The quantitative estimate of drug-likeness (QED) is 0.139. The van der Waals surface area contributed by atoms with Gasteiger partial charge in [0.1, 0.15) is 6.10 Å². The number of carbonyl (C=O) groups is 2. The monoisotopic (exact) mass is 616 g/mol. The van der Waals surface area contributed by atoms with E-state index in [0.29, 0.717) is 30.6 Å². The van der Waals surface area contributed by atoms with Gasteiger partial charge in [-0.15, -0.1) is 0 Å². The number of hydrogen-bond donors (Lipinski definition) is 0. The number of allylic oxidation sites excluding steroid dienone is 2. The third-order valence-electron chi connectivity index (χ3n) is 11.1. The van der Waals surface area contributed by atoms with Crippen molar-refractivity contribution in [2.45, 2.75) is 154 Å². The zero-order valence-corrected chi connectivity index (χ0v) is 30.7. The first kappa shape index (κ1) is 35.3. The minimum atomic E-state index is -2.01. The molecule has 238 valence electrons. The molecule has 2 fully saturated rings. The number of fused-ring (bicyclic) bond motifs is 1. The molecule has 7 heteroatoms. The summed E-state index contributed by atoms with van der Waals surface area (Å²) in [4.78, 5) is 24.7. The third-order valence-corrected chi connectivity index (χ3v) is 20.1. The number of ketones is 1. The number of Topliss-reactive ketones (excluding diaryl/α,β-unsaturated/α-hetero) is 1. The van der Waals surface area contributed by atoms with Gasteiger partial charge in [0.2, 0.25) is 0 Å². The molecule has 3 rings (SSSR count). The lowest BCUT2D eigenvalue weighted by Crippen LogP contribution is -2.46. The maximum Gasteiger partial charge on any atom is 0.305 e. The van der Waals surface area contributed by atoms with Crippen LogP contribution in [0.25, 0.3) is 0 Å². The molecule has 0 aromatic rings. The van der Waals surface area contributed by atoms with Crippen LogP contribution in [0.1, 0.15) is 106 Å². The Morgan fingerprint density at radius 2 is 1.57 bits per heavy atom. The van der Waals surface area contributed by atoms with Crippen LogP contribution in [0, 0.1) is 35.5 Å². The molecule has 0 N–H and O–H groups in total. The van der Waals surface area contributed by atoms with Crippen molar-refractivity contribution in [2.24, 2.45) is 23.7 Å². The molecule has 0 aromatic heterocycles. The van der Waals surface area contributed by atoms with E-state index in [1.54, 1.807) is 0 Å². The van der Waals surface area contributed by atoms with Crippen molar-refractivity contribution in [3.63, 3.8) is 0 Å². The van der Waals surface area contributed by atoms with Crippen LogP contribution in [-0.4, -0.2) is 47.7 Å². The van der Waals surface area contributed by atoms with Crippen LogP contribution in [0.3, 0.4) is 0 Å². The fraction of sp³-hybridized carbons (Fsp3) is 0.829. The van der Waals surface area contributed by atoms with Gasteiger partial charge < -0.3 is 13.6 Å². The van der Waals surface area contributed by atoms with Crippen LogP contribution in [0.2, 0.25) is 36.3 Å². The molecular formula is C35H60O5Si2. The van der Waals surface area contributed by atoms with Gasteiger partial charge in [-0.05, 0) is 91.7 Å². The summed E-state index contributed by atoms with van der Waals surface area (Å²) in [5.41, 5.74) is 0.925. The molecule has 42 heavy (non-hydrogen) atoms. The summed E-state index contributed by atoms with van der Waals surface area (Å²) in [7, 11) is -2.61. The highest BCUT2D eigenvalue weighted by molar-refractivity contribution is 6.74. The van der Waals surface area contributed by atoms with E-state index in [-0.39, 0.29) is 46.4 Å². The molecular weight excluding hydrogens is 557 g/mol. The molecule has 0 amide bonds. The van der Waals surface area contributed by atoms with Gasteiger partial charge >= 0.3 is 5.97 Å². The van der Waals surface area contributed by atoms with Crippen LogP contribution in [0.4, 0.5) is 0 Å². The first-order chi connectivity index (χ1) is 19.4. The number of hydrogen-bond acceptors (Lipinski definition) is 5. The van der Waals surface area contributed by atoms with E-state index in [9.17, 15) is 9.59 Å². The fourth-order valence-corrected chi connectivity index (χ4v) is 8.87. The standard InChI is InChI=1S/C35H60O5Si2/c1-34(2,3)41(8,9)39-31(25-16-13-12-14-17-25)21-20-28-29-23-27(30(36)18-15-19-33(37)38-7)22-26(29)24-32(28)40-42(10,11)35(4,5)6/h22,25-26,28-29,31-32H,12-19,23-24H2,1-11H3/t26?,28-,29?,31+,32-/m0/s1. The van der Waals surface area contributed by atoms with Gasteiger partial charge in [-0.25, -0.2) is 0 Å². The van der Waals surface area contributed by atoms with E-state index in [2.05, 4.69) is 85.6 Å². The predicted octanol–water partition coefficient (Wildman–Crippen LogP) is 8.85. The maximum absolute atomic E-state index is 13.1. The lowest BCUT2D eigenvalue weighted by molar-refractivity contribution is -0.140. The van der Waals surface area contributed by atoms with Crippen LogP contribution in [0.5, 0.6) is 0 Å². The summed E-state index contributed by atoms with van der Waals surface area (Å²) in [5.74, 6) is 8.68. The highest BCUT2D eigenvalue weighted by Gasteiger charge is 2.50. The zero-order chi connectivity index (χ0) is 31.5. The second-order valence-electron chi connectivity index (χ2n) is 16.2. The second-order valence-corrected chi connectivity index (χ2v) is 25.8. The van der Waals surface area contributed by atoms with Crippen molar-refractivity contribution in [3.8, 4) is 11.8 Å². The lowest BCUT2D eigenvalue weighted by atomic mass is 9.84. The molecule has 0 heterocycles. The Kier molecular flexibility index (Phi) is 11.6. The molecule has 0 aromatic carbocycles. The Hall–Kier alpha value is -1.21. The van der Waals surface area contributed by atoms with Gasteiger partial charge in [0.25, 0.3) is 0 Å². The van der Waals surface area contributed by atoms with Crippen molar-refractivity contribution in [3.05, 3.63) is 11.6 Å². The number of rotatable bonds is 10. The summed E-state index contributed by atoms with van der Waals surface area (Å²) in [5, 5.41) is 0.252. The molecule has 0 spiro atoms. The average Bonchev–Trinajstić information content (AvgIpc) is 3.43. The van der Waals surface area contributed by atoms with Crippen molar-refractivity contribution >= 4 is 28.4 Å².